The lowest BCUT2D eigenvalue weighted by Gasteiger charge is -2.33. The highest BCUT2D eigenvalue weighted by molar-refractivity contribution is 5.77. The summed E-state index contributed by atoms with van der Waals surface area (Å²) in [5.41, 5.74) is 1.37. The molecule has 0 amide bonds. The van der Waals surface area contributed by atoms with Crippen LogP contribution in [0.1, 0.15) is 19.4 Å². The van der Waals surface area contributed by atoms with E-state index in [1.54, 1.807) is 21.0 Å². The predicted octanol–water partition coefficient (Wildman–Crippen LogP) is 2.17. The second-order valence-corrected chi connectivity index (χ2v) is 5.32. The largest absolute Gasteiger partial charge is 0.496 e. The number of carboxylic acids is 1. The van der Waals surface area contributed by atoms with Crippen molar-refractivity contribution < 1.29 is 14.6 Å². The molecule has 1 N–H and O–H groups in total. The molecule has 18 heavy (non-hydrogen) atoms. The molecule has 4 heteroatoms. The summed E-state index contributed by atoms with van der Waals surface area (Å²) in [6.07, 6.45) is 0.704. The van der Waals surface area contributed by atoms with E-state index >= 15 is 0 Å². The Morgan fingerprint density at radius 3 is 2.72 bits per heavy atom. The highest BCUT2D eigenvalue weighted by Gasteiger charge is 2.44. The third kappa shape index (κ3) is 1.72. The van der Waals surface area contributed by atoms with Gasteiger partial charge >= 0.3 is 5.97 Å². The second-order valence-electron chi connectivity index (χ2n) is 5.32. The molecule has 1 atom stereocenters. The fraction of sp³-hybridized carbons (Fsp3) is 0.500. The van der Waals surface area contributed by atoms with Crippen LogP contribution in [-0.2, 0) is 11.2 Å². The molecule has 1 heterocycles. The smallest absolute Gasteiger partial charge is 0.311 e. The maximum absolute atomic E-state index is 11.4. The summed E-state index contributed by atoms with van der Waals surface area (Å²) < 4.78 is 5.35. The molecule has 4 nitrogen and oxygen atoms in total. The van der Waals surface area contributed by atoms with Gasteiger partial charge in [-0.25, -0.2) is 0 Å². The maximum Gasteiger partial charge on any atom is 0.311 e. The molecule has 0 bridgehead atoms. The van der Waals surface area contributed by atoms with Crippen molar-refractivity contribution in [2.45, 2.75) is 26.3 Å². The van der Waals surface area contributed by atoms with Crippen LogP contribution in [0.5, 0.6) is 5.75 Å². The molecule has 0 aliphatic carbocycles. The number of aliphatic carboxylic acids is 1. The van der Waals surface area contributed by atoms with Crippen molar-refractivity contribution in [2.75, 3.05) is 19.1 Å². The van der Waals surface area contributed by atoms with Crippen LogP contribution in [0.15, 0.2) is 18.2 Å². The van der Waals surface area contributed by atoms with Gasteiger partial charge in [0.05, 0.1) is 12.5 Å². The van der Waals surface area contributed by atoms with Crippen molar-refractivity contribution in [3.63, 3.8) is 0 Å². The number of likely N-dealkylation sites (N-methyl/N-ethyl adjacent to an activating group) is 1. The monoisotopic (exact) mass is 249 g/mol. The van der Waals surface area contributed by atoms with E-state index in [1.165, 1.54) is 0 Å². The van der Waals surface area contributed by atoms with Crippen molar-refractivity contribution in [2.24, 2.45) is 5.41 Å². The molecule has 0 aromatic heterocycles. The average Bonchev–Trinajstić information content (AvgIpc) is 2.67. The van der Waals surface area contributed by atoms with E-state index in [4.69, 9.17) is 4.74 Å². The Hall–Kier alpha value is -1.71. The number of ether oxygens (including phenoxy) is 1. The van der Waals surface area contributed by atoms with Crippen molar-refractivity contribution in [1.82, 2.24) is 0 Å². The van der Waals surface area contributed by atoms with Gasteiger partial charge < -0.3 is 14.7 Å². The first-order valence-corrected chi connectivity index (χ1v) is 6.01. The fourth-order valence-corrected chi connectivity index (χ4v) is 2.66. The highest BCUT2D eigenvalue weighted by Crippen LogP contribution is 2.42. The summed E-state index contributed by atoms with van der Waals surface area (Å²) in [4.78, 5) is 13.4. The van der Waals surface area contributed by atoms with Gasteiger partial charge in [0.1, 0.15) is 5.75 Å². The van der Waals surface area contributed by atoms with Gasteiger partial charge in [-0.3, -0.25) is 4.79 Å². The Bertz CT molecular complexity index is 482. The number of rotatable bonds is 3. The molecule has 1 aromatic carbocycles. The molecule has 0 radical (unpaired) electrons. The molecular formula is C14H19NO3. The number of fused-ring (bicyclic) bond motifs is 1. The minimum absolute atomic E-state index is 0.0544. The zero-order chi connectivity index (χ0) is 13.5. The molecular weight excluding hydrogens is 230 g/mol. The lowest BCUT2D eigenvalue weighted by atomic mass is 9.82. The summed E-state index contributed by atoms with van der Waals surface area (Å²) >= 11 is 0. The molecule has 1 aromatic rings. The van der Waals surface area contributed by atoms with Gasteiger partial charge in [-0.15, -0.1) is 0 Å². The summed E-state index contributed by atoms with van der Waals surface area (Å²) in [7, 11) is 3.59. The van der Waals surface area contributed by atoms with Crippen molar-refractivity contribution >= 4 is 11.7 Å². The third-order valence-electron chi connectivity index (χ3n) is 3.96. The van der Waals surface area contributed by atoms with Crippen LogP contribution < -0.4 is 9.64 Å². The quantitative estimate of drug-likeness (QED) is 0.892. The van der Waals surface area contributed by atoms with E-state index in [2.05, 4.69) is 0 Å². The molecule has 1 aliphatic rings. The summed E-state index contributed by atoms with van der Waals surface area (Å²) in [6.45, 7) is 3.55. The van der Waals surface area contributed by atoms with Gasteiger partial charge in [-0.1, -0.05) is 6.07 Å². The SMILES string of the molecule is COc1cccc2c1CC(C(C)(C)C(=O)O)N2C. The normalized spacial score (nSPS) is 18.7. The molecule has 2 rings (SSSR count). The first kappa shape index (κ1) is 12.7. The van der Waals surface area contributed by atoms with Crippen LogP contribution in [0, 0.1) is 5.41 Å². The number of carboxylic acid groups (broad SMARTS) is 1. The molecule has 98 valence electrons. The van der Waals surface area contributed by atoms with Crippen molar-refractivity contribution in [3.8, 4) is 5.75 Å². The van der Waals surface area contributed by atoms with E-state index in [0.29, 0.717) is 6.42 Å². The first-order chi connectivity index (χ1) is 8.39. The van der Waals surface area contributed by atoms with Crippen molar-refractivity contribution in [3.05, 3.63) is 23.8 Å². The van der Waals surface area contributed by atoms with Crippen LogP contribution >= 0.6 is 0 Å². The molecule has 1 aliphatic heterocycles. The van der Waals surface area contributed by atoms with Crippen molar-refractivity contribution in [1.29, 1.82) is 0 Å². The van der Waals surface area contributed by atoms with E-state index in [0.717, 1.165) is 17.0 Å². The van der Waals surface area contributed by atoms with Crippen LogP contribution in [0.4, 0.5) is 5.69 Å². The molecule has 0 fully saturated rings. The minimum atomic E-state index is -0.793. The van der Waals surface area contributed by atoms with Gasteiger partial charge in [-0.2, -0.15) is 0 Å². The first-order valence-electron chi connectivity index (χ1n) is 6.01. The third-order valence-corrected chi connectivity index (χ3v) is 3.96. The van der Waals surface area contributed by atoms with Gasteiger partial charge in [0.15, 0.2) is 0 Å². The van der Waals surface area contributed by atoms with E-state index < -0.39 is 11.4 Å². The predicted molar refractivity (Wildman–Crippen MR) is 70.3 cm³/mol. The van der Waals surface area contributed by atoms with E-state index in [1.807, 2.05) is 30.1 Å². The Morgan fingerprint density at radius 2 is 2.17 bits per heavy atom. The number of nitrogens with zero attached hydrogens (tertiary/aromatic N) is 1. The molecule has 0 spiro atoms. The Morgan fingerprint density at radius 1 is 1.50 bits per heavy atom. The summed E-state index contributed by atoms with van der Waals surface area (Å²) in [5.74, 6) is 0.0640. The number of hydrogen-bond acceptors (Lipinski definition) is 3. The number of benzene rings is 1. The van der Waals surface area contributed by atoms with Gasteiger partial charge in [0.25, 0.3) is 0 Å². The number of hydrogen-bond donors (Lipinski definition) is 1. The topological polar surface area (TPSA) is 49.8 Å². The zero-order valence-corrected chi connectivity index (χ0v) is 11.2. The highest BCUT2D eigenvalue weighted by atomic mass is 16.5. The van der Waals surface area contributed by atoms with Gasteiger partial charge in [0.2, 0.25) is 0 Å². The van der Waals surface area contributed by atoms with Crippen LogP contribution in [0.3, 0.4) is 0 Å². The number of anilines is 1. The Kier molecular flexibility index (Phi) is 2.97. The Labute approximate surface area is 107 Å². The second kappa shape index (κ2) is 4.19. The minimum Gasteiger partial charge on any atom is -0.496 e. The summed E-state index contributed by atoms with van der Waals surface area (Å²) in [5, 5.41) is 9.37. The summed E-state index contributed by atoms with van der Waals surface area (Å²) in [6, 6.07) is 5.81. The van der Waals surface area contributed by atoms with Crippen LogP contribution in [0.2, 0.25) is 0 Å². The Balaban J connectivity index is 2.42. The molecule has 1 unspecified atom stereocenters. The maximum atomic E-state index is 11.4. The molecule has 0 saturated carbocycles. The van der Waals surface area contributed by atoms with Gasteiger partial charge in [-0.05, 0) is 32.4 Å². The number of methoxy groups -OCH3 is 1. The lowest BCUT2D eigenvalue weighted by molar-refractivity contribution is -0.148. The lowest BCUT2D eigenvalue weighted by Crippen LogP contribution is -2.46. The van der Waals surface area contributed by atoms with Gasteiger partial charge in [0, 0.05) is 24.3 Å². The van der Waals surface area contributed by atoms with E-state index in [-0.39, 0.29) is 6.04 Å². The van der Waals surface area contributed by atoms with Crippen LogP contribution in [-0.4, -0.2) is 31.3 Å². The number of carbonyl (C=O) groups is 1. The van der Waals surface area contributed by atoms with Crippen LogP contribution in [0.25, 0.3) is 0 Å². The standard InChI is InChI=1S/C14H19NO3/c1-14(2,13(16)17)12-8-9-10(15(12)3)6-5-7-11(9)18-4/h5-7,12H,8H2,1-4H3,(H,16,17). The molecule has 0 saturated heterocycles. The van der Waals surface area contributed by atoms with E-state index in [9.17, 15) is 9.90 Å². The average molecular weight is 249 g/mol. The fourth-order valence-electron chi connectivity index (χ4n) is 2.66. The zero-order valence-electron chi connectivity index (χ0n) is 11.2.